The summed E-state index contributed by atoms with van der Waals surface area (Å²) in [7, 11) is 0. The fraction of sp³-hybridized carbons (Fsp3) is 0.136. The van der Waals surface area contributed by atoms with Gasteiger partial charge in [-0.3, -0.25) is 4.79 Å². The number of anilines is 1. The molecule has 1 N–H and O–H groups in total. The average molecular weight is 403 g/mol. The Morgan fingerprint density at radius 2 is 2.00 bits per heavy atom. The smallest absolute Gasteiger partial charge is 0.267 e. The molecule has 0 saturated heterocycles. The summed E-state index contributed by atoms with van der Waals surface area (Å²) in [4.78, 5) is 12.2. The minimum absolute atomic E-state index is 0.0512. The Kier molecular flexibility index (Phi) is 5.35. The van der Waals surface area contributed by atoms with Crippen molar-refractivity contribution < 1.29 is 23.5 Å². The number of fused-ring (bicyclic) bond motifs is 1. The highest BCUT2D eigenvalue weighted by atomic mass is 16.7. The van der Waals surface area contributed by atoms with Crippen molar-refractivity contribution >= 4 is 17.8 Å². The number of aromatic nitrogens is 1. The largest absolute Gasteiger partial charge is 0.489 e. The summed E-state index contributed by atoms with van der Waals surface area (Å²) in [6.07, 6.45) is 1.49. The molecule has 0 atom stereocenters. The molecule has 1 amide bonds. The predicted octanol–water partition coefficient (Wildman–Crippen LogP) is 3.84. The van der Waals surface area contributed by atoms with E-state index in [9.17, 15) is 10.1 Å². The summed E-state index contributed by atoms with van der Waals surface area (Å²) < 4.78 is 21.3. The summed E-state index contributed by atoms with van der Waals surface area (Å²) in [5.41, 5.74) is 1.59. The van der Waals surface area contributed by atoms with Gasteiger partial charge in [-0.05, 0) is 48.4 Å². The number of carbonyl (C=O) groups excluding carboxylic acids is 1. The number of hydrogen-bond acceptors (Lipinski definition) is 7. The lowest BCUT2D eigenvalue weighted by atomic mass is 10.1. The molecule has 1 aromatic heterocycles. The number of nitriles is 1. The summed E-state index contributed by atoms with van der Waals surface area (Å²) in [6, 6.07) is 16.2. The average Bonchev–Trinajstić information content (AvgIpc) is 3.39. The molecule has 0 spiro atoms. The maximum absolute atomic E-state index is 12.2. The second-order valence-electron chi connectivity index (χ2n) is 6.49. The maximum Gasteiger partial charge on any atom is 0.267 e. The van der Waals surface area contributed by atoms with Crippen LogP contribution in [0.5, 0.6) is 17.2 Å². The first-order chi connectivity index (χ1) is 14.6. The maximum atomic E-state index is 12.2. The first-order valence-electron chi connectivity index (χ1n) is 9.08. The van der Waals surface area contributed by atoms with E-state index in [1.165, 1.54) is 6.08 Å². The van der Waals surface area contributed by atoms with Gasteiger partial charge in [0.05, 0.1) is 0 Å². The van der Waals surface area contributed by atoms with Crippen LogP contribution in [0.3, 0.4) is 0 Å². The molecule has 2 aromatic carbocycles. The molecule has 0 saturated carbocycles. The molecule has 8 heteroatoms. The Labute approximate surface area is 172 Å². The molecule has 150 valence electrons. The van der Waals surface area contributed by atoms with Crippen molar-refractivity contribution in [2.45, 2.75) is 13.5 Å². The third-order valence-corrected chi connectivity index (χ3v) is 4.27. The lowest BCUT2D eigenvalue weighted by Crippen LogP contribution is -2.13. The standard InChI is InChI=1S/C22H17N3O5/c1-14-8-21(25-30-14)24-22(26)17(11-23)9-15-2-5-18(6-3-15)27-12-16-4-7-19-20(10-16)29-13-28-19/h2-10H,12-13H2,1H3,(H,24,25,26)/b17-9-. The number of rotatable bonds is 6. The van der Waals surface area contributed by atoms with Gasteiger partial charge in [0.25, 0.3) is 5.91 Å². The quantitative estimate of drug-likeness (QED) is 0.492. The number of aryl methyl sites for hydroxylation is 1. The van der Waals surface area contributed by atoms with E-state index in [0.717, 1.165) is 11.3 Å². The number of hydrogen-bond donors (Lipinski definition) is 1. The van der Waals surface area contributed by atoms with Crippen LogP contribution in [0.15, 0.2) is 58.6 Å². The Morgan fingerprint density at radius 3 is 2.73 bits per heavy atom. The van der Waals surface area contributed by atoms with Crippen LogP contribution in [0.1, 0.15) is 16.9 Å². The molecular formula is C22H17N3O5. The van der Waals surface area contributed by atoms with Crippen molar-refractivity contribution in [3.63, 3.8) is 0 Å². The van der Waals surface area contributed by atoms with E-state index >= 15 is 0 Å². The van der Waals surface area contributed by atoms with E-state index in [2.05, 4.69) is 10.5 Å². The van der Waals surface area contributed by atoms with Gasteiger partial charge in [0, 0.05) is 6.07 Å². The fourth-order valence-electron chi connectivity index (χ4n) is 2.78. The van der Waals surface area contributed by atoms with Gasteiger partial charge in [-0.2, -0.15) is 5.26 Å². The fourth-order valence-corrected chi connectivity index (χ4v) is 2.78. The molecule has 1 aliphatic rings. The van der Waals surface area contributed by atoms with E-state index in [1.807, 2.05) is 24.3 Å². The van der Waals surface area contributed by atoms with Crippen molar-refractivity contribution in [2.75, 3.05) is 12.1 Å². The highest BCUT2D eigenvalue weighted by molar-refractivity contribution is 6.09. The van der Waals surface area contributed by atoms with Crippen LogP contribution >= 0.6 is 0 Å². The Balaban J connectivity index is 1.38. The Bertz CT molecular complexity index is 1140. The minimum atomic E-state index is -0.561. The van der Waals surface area contributed by atoms with E-state index in [4.69, 9.17) is 18.7 Å². The molecule has 8 nitrogen and oxygen atoms in total. The van der Waals surface area contributed by atoms with Crippen molar-refractivity contribution in [3.8, 4) is 23.3 Å². The third kappa shape index (κ3) is 4.42. The number of nitrogens with zero attached hydrogens (tertiary/aromatic N) is 2. The van der Waals surface area contributed by atoms with Crippen molar-refractivity contribution in [3.05, 3.63) is 71.0 Å². The zero-order valence-corrected chi connectivity index (χ0v) is 16.0. The van der Waals surface area contributed by atoms with Crippen LogP contribution in [-0.2, 0) is 11.4 Å². The van der Waals surface area contributed by atoms with E-state index in [-0.39, 0.29) is 18.2 Å². The second kappa shape index (κ2) is 8.41. The van der Waals surface area contributed by atoms with Crippen molar-refractivity contribution in [1.82, 2.24) is 5.16 Å². The number of benzene rings is 2. The number of ether oxygens (including phenoxy) is 3. The summed E-state index contributed by atoms with van der Waals surface area (Å²) in [5.74, 6) is 2.35. The van der Waals surface area contributed by atoms with Crippen molar-refractivity contribution in [2.24, 2.45) is 0 Å². The predicted molar refractivity (Wildman–Crippen MR) is 107 cm³/mol. The molecule has 3 aromatic rings. The molecule has 0 radical (unpaired) electrons. The highest BCUT2D eigenvalue weighted by Crippen LogP contribution is 2.32. The molecule has 0 aliphatic carbocycles. The van der Waals surface area contributed by atoms with Gasteiger partial charge in [0.2, 0.25) is 6.79 Å². The molecule has 30 heavy (non-hydrogen) atoms. The molecule has 0 bridgehead atoms. The zero-order valence-electron chi connectivity index (χ0n) is 16.0. The molecule has 4 rings (SSSR count). The van der Waals surface area contributed by atoms with Crippen LogP contribution < -0.4 is 19.5 Å². The third-order valence-electron chi connectivity index (χ3n) is 4.27. The summed E-state index contributed by atoms with van der Waals surface area (Å²) in [5, 5.41) is 15.5. The van der Waals surface area contributed by atoms with Crippen LogP contribution in [0, 0.1) is 18.3 Å². The Hall–Kier alpha value is -4.25. The van der Waals surface area contributed by atoms with Crippen LogP contribution in [0.2, 0.25) is 0 Å². The van der Waals surface area contributed by atoms with Gasteiger partial charge >= 0.3 is 0 Å². The summed E-state index contributed by atoms with van der Waals surface area (Å²) >= 11 is 0. The first kappa shape index (κ1) is 19.1. The topological polar surface area (TPSA) is 107 Å². The molecule has 0 unspecified atom stereocenters. The monoisotopic (exact) mass is 403 g/mol. The van der Waals surface area contributed by atoms with Gasteiger partial charge in [-0.1, -0.05) is 23.4 Å². The van der Waals surface area contributed by atoms with E-state index < -0.39 is 5.91 Å². The van der Waals surface area contributed by atoms with Gasteiger partial charge in [0.1, 0.15) is 29.8 Å². The molecule has 0 fully saturated rings. The van der Waals surface area contributed by atoms with Gasteiger partial charge < -0.3 is 24.1 Å². The number of carbonyl (C=O) groups is 1. The van der Waals surface area contributed by atoms with Gasteiger partial charge in [-0.15, -0.1) is 0 Å². The minimum Gasteiger partial charge on any atom is -0.489 e. The Morgan fingerprint density at radius 1 is 1.20 bits per heavy atom. The second-order valence-corrected chi connectivity index (χ2v) is 6.49. The summed E-state index contributed by atoms with van der Waals surface area (Å²) in [6.45, 7) is 2.31. The molecule has 2 heterocycles. The van der Waals surface area contributed by atoms with Crippen LogP contribution in [0.25, 0.3) is 6.08 Å². The van der Waals surface area contributed by atoms with Crippen LogP contribution in [-0.4, -0.2) is 17.9 Å². The van der Waals surface area contributed by atoms with Crippen LogP contribution in [0.4, 0.5) is 5.82 Å². The van der Waals surface area contributed by atoms with Crippen molar-refractivity contribution in [1.29, 1.82) is 5.26 Å². The van der Waals surface area contributed by atoms with E-state index in [1.54, 1.807) is 37.3 Å². The van der Waals surface area contributed by atoms with Gasteiger partial charge in [-0.25, -0.2) is 0 Å². The molecular weight excluding hydrogens is 386 g/mol. The highest BCUT2D eigenvalue weighted by Gasteiger charge is 2.14. The number of nitrogens with one attached hydrogen (secondary N) is 1. The SMILES string of the molecule is Cc1cc(NC(=O)/C(C#N)=C\c2ccc(OCc3ccc4c(c3)OCO4)cc2)no1. The normalized spacial score (nSPS) is 12.3. The lowest BCUT2D eigenvalue weighted by molar-refractivity contribution is -0.112. The first-order valence-corrected chi connectivity index (χ1v) is 9.08. The van der Waals surface area contributed by atoms with Gasteiger partial charge in [0.15, 0.2) is 17.3 Å². The van der Waals surface area contributed by atoms with E-state index in [0.29, 0.717) is 29.4 Å². The zero-order chi connectivity index (χ0) is 20.9. The lowest BCUT2D eigenvalue weighted by Gasteiger charge is -2.07. The number of amides is 1. The molecule has 1 aliphatic heterocycles.